The van der Waals surface area contributed by atoms with Gasteiger partial charge in [-0.05, 0) is 42.7 Å². The van der Waals surface area contributed by atoms with E-state index < -0.39 is 23.0 Å². The number of nitrogens with zero attached hydrogens (tertiary/aromatic N) is 4. The van der Waals surface area contributed by atoms with Crippen molar-refractivity contribution in [2.75, 3.05) is 19.6 Å². The maximum Gasteiger partial charge on any atom is 0.257 e. The van der Waals surface area contributed by atoms with Crippen LogP contribution in [0, 0.1) is 11.6 Å². The van der Waals surface area contributed by atoms with Gasteiger partial charge in [-0.25, -0.2) is 8.78 Å². The monoisotopic (exact) mass is 466 g/mol. The van der Waals surface area contributed by atoms with Crippen molar-refractivity contribution in [2.45, 2.75) is 38.3 Å². The van der Waals surface area contributed by atoms with Crippen molar-refractivity contribution in [3.63, 3.8) is 0 Å². The van der Waals surface area contributed by atoms with E-state index in [4.69, 9.17) is 0 Å². The third kappa shape index (κ3) is 4.06. The van der Waals surface area contributed by atoms with Crippen LogP contribution >= 0.6 is 0 Å². The van der Waals surface area contributed by atoms with Crippen molar-refractivity contribution < 1.29 is 18.4 Å². The van der Waals surface area contributed by atoms with Crippen molar-refractivity contribution in [1.29, 1.82) is 0 Å². The normalized spacial score (nSPS) is 17.1. The van der Waals surface area contributed by atoms with Gasteiger partial charge in [0.05, 0.1) is 29.2 Å². The first-order valence-electron chi connectivity index (χ1n) is 11.4. The average Bonchev–Trinajstić information content (AvgIpc) is 3.36. The van der Waals surface area contributed by atoms with Gasteiger partial charge in [0, 0.05) is 19.1 Å². The molecule has 0 spiro atoms. The predicted molar refractivity (Wildman–Crippen MR) is 121 cm³/mol. The van der Waals surface area contributed by atoms with Crippen molar-refractivity contribution >= 4 is 22.7 Å². The molecule has 1 saturated carbocycles. The molecule has 3 aromatic rings. The van der Waals surface area contributed by atoms with Gasteiger partial charge in [-0.2, -0.15) is 5.10 Å². The van der Waals surface area contributed by atoms with Gasteiger partial charge in [-0.15, -0.1) is 0 Å². The Balaban J connectivity index is 1.38. The highest BCUT2D eigenvalue weighted by Crippen LogP contribution is 2.25. The van der Waals surface area contributed by atoms with Crippen LogP contribution in [0.25, 0.3) is 10.9 Å². The third-order valence-corrected chi connectivity index (χ3v) is 6.73. The predicted octanol–water partition coefficient (Wildman–Crippen LogP) is 2.95. The highest BCUT2D eigenvalue weighted by molar-refractivity contribution is 5.97. The minimum Gasteiger partial charge on any atom is -0.336 e. The number of fused-ring (bicyclic) bond motifs is 1. The van der Waals surface area contributed by atoms with Gasteiger partial charge in [0.2, 0.25) is 11.3 Å². The van der Waals surface area contributed by atoms with E-state index in [0.29, 0.717) is 24.2 Å². The molecular formula is C25H24F2N4O3. The van der Waals surface area contributed by atoms with E-state index in [9.17, 15) is 23.2 Å². The van der Waals surface area contributed by atoms with Gasteiger partial charge in [0.25, 0.3) is 5.91 Å². The lowest BCUT2D eigenvalue weighted by Gasteiger charge is -2.37. The summed E-state index contributed by atoms with van der Waals surface area (Å²) in [6.45, 7) is 0.852. The number of amides is 2. The maximum atomic E-state index is 14.6. The van der Waals surface area contributed by atoms with E-state index in [1.807, 2.05) is 4.90 Å². The quantitative estimate of drug-likeness (QED) is 0.593. The Morgan fingerprint density at radius 3 is 2.59 bits per heavy atom. The Hall–Kier alpha value is -3.62. The van der Waals surface area contributed by atoms with Gasteiger partial charge < -0.3 is 9.80 Å². The zero-order valence-electron chi connectivity index (χ0n) is 18.5. The standard InChI is InChI=1S/C25H24F2N4O3/c26-19-9-8-16(14-31-21-7-3-6-20(27)24(21)22(32)13-28-31)12-18(19)25(34)29-10-11-30(23(33)15-29)17-4-1-2-5-17/h3,6-9,12-13,17H,1-2,4-5,10-11,14-15H2. The Morgan fingerprint density at radius 1 is 1.03 bits per heavy atom. The minimum absolute atomic E-state index is 0.0653. The number of carbonyl (C=O) groups is 2. The fourth-order valence-corrected chi connectivity index (χ4v) is 4.99. The van der Waals surface area contributed by atoms with Crippen LogP contribution < -0.4 is 5.43 Å². The van der Waals surface area contributed by atoms with E-state index in [1.165, 1.54) is 39.9 Å². The summed E-state index contributed by atoms with van der Waals surface area (Å²) in [4.78, 5) is 41.1. The molecule has 2 heterocycles. The van der Waals surface area contributed by atoms with Crippen molar-refractivity contribution in [3.8, 4) is 0 Å². The molecule has 1 aliphatic heterocycles. The second kappa shape index (κ2) is 8.96. The Labute approximate surface area is 194 Å². The van der Waals surface area contributed by atoms with Crippen LogP contribution in [0.15, 0.2) is 47.4 Å². The number of carbonyl (C=O) groups excluding carboxylic acids is 2. The third-order valence-electron chi connectivity index (χ3n) is 6.73. The molecule has 2 aromatic carbocycles. The summed E-state index contributed by atoms with van der Waals surface area (Å²) in [5, 5.41) is 4.01. The Bertz CT molecular complexity index is 1330. The highest BCUT2D eigenvalue weighted by Gasteiger charge is 2.33. The van der Waals surface area contributed by atoms with Crippen LogP contribution in [0.4, 0.5) is 8.78 Å². The molecule has 34 heavy (non-hydrogen) atoms. The molecule has 0 atom stereocenters. The zero-order chi connectivity index (χ0) is 23.8. The van der Waals surface area contributed by atoms with Crippen molar-refractivity contribution in [1.82, 2.24) is 19.6 Å². The Morgan fingerprint density at radius 2 is 1.82 bits per heavy atom. The summed E-state index contributed by atoms with van der Waals surface area (Å²) >= 11 is 0. The molecule has 0 radical (unpaired) electrons. The van der Waals surface area contributed by atoms with Crippen molar-refractivity contribution in [2.24, 2.45) is 0 Å². The van der Waals surface area contributed by atoms with Crippen LogP contribution in [-0.4, -0.2) is 57.1 Å². The van der Waals surface area contributed by atoms with E-state index >= 15 is 0 Å². The molecule has 5 rings (SSSR count). The lowest BCUT2D eigenvalue weighted by atomic mass is 10.1. The van der Waals surface area contributed by atoms with Gasteiger partial charge in [0.1, 0.15) is 18.2 Å². The molecule has 1 aromatic heterocycles. The first kappa shape index (κ1) is 22.2. The van der Waals surface area contributed by atoms with Crippen LogP contribution in [0.1, 0.15) is 41.6 Å². The highest BCUT2D eigenvalue weighted by atomic mass is 19.1. The average molecular weight is 466 g/mol. The van der Waals surface area contributed by atoms with E-state index in [0.717, 1.165) is 31.9 Å². The first-order chi connectivity index (χ1) is 16.4. The fourth-order valence-electron chi connectivity index (χ4n) is 4.99. The summed E-state index contributed by atoms with van der Waals surface area (Å²) in [6, 6.07) is 8.65. The van der Waals surface area contributed by atoms with Crippen LogP contribution in [-0.2, 0) is 11.3 Å². The summed E-state index contributed by atoms with van der Waals surface area (Å²) < 4.78 is 30.3. The molecule has 9 heteroatoms. The zero-order valence-corrected chi connectivity index (χ0v) is 18.5. The number of halogens is 2. The molecular weight excluding hydrogens is 442 g/mol. The summed E-state index contributed by atoms with van der Waals surface area (Å²) in [7, 11) is 0. The lowest BCUT2D eigenvalue weighted by Crippen LogP contribution is -2.55. The van der Waals surface area contributed by atoms with Gasteiger partial charge in [-0.3, -0.25) is 19.1 Å². The van der Waals surface area contributed by atoms with E-state index in [2.05, 4.69) is 5.10 Å². The number of rotatable bonds is 4. The van der Waals surface area contributed by atoms with Gasteiger partial charge >= 0.3 is 0 Å². The molecule has 2 aliphatic rings. The number of hydrogen-bond acceptors (Lipinski definition) is 4. The van der Waals surface area contributed by atoms with E-state index in [1.54, 1.807) is 6.07 Å². The topological polar surface area (TPSA) is 75.5 Å². The molecule has 1 aliphatic carbocycles. The number of piperazine rings is 1. The largest absolute Gasteiger partial charge is 0.336 e. The first-order valence-corrected chi connectivity index (χ1v) is 11.4. The SMILES string of the molecule is O=C(c1cc(Cn2ncc(=O)c3c(F)cccc32)ccc1F)N1CCN(C2CCCC2)C(=O)C1. The number of aromatic nitrogens is 2. The molecule has 7 nitrogen and oxygen atoms in total. The lowest BCUT2D eigenvalue weighted by molar-refractivity contribution is -0.137. The number of benzene rings is 2. The molecule has 0 unspecified atom stereocenters. The second-order valence-electron chi connectivity index (χ2n) is 8.87. The summed E-state index contributed by atoms with van der Waals surface area (Å²) in [5.74, 6) is -1.96. The van der Waals surface area contributed by atoms with Crippen molar-refractivity contribution in [3.05, 3.63) is 75.6 Å². The molecule has 2 amide bonds. The smallest absolute Gasteiger partial charge is 0.257 e. The van der Waals surface area contributed by atoms with Crippen LogP contribution in [0.5, 0.6) is 0 Å². The van der Waals surface area contributed by atoms with Crippen LogP contribution in [0.2, 0.25) is 0 Å². The summed E-state index contributed by atoms with van der Waals surface area (Å²) in [6.07, 6.45) is 5.25. The second-order valence-corrected chi connectivity index (χ2v) is 8.87. The van der Waals surface area contributed by atoms with Gasteiger partial charge in [-0.1, -0.05) is 25.0 Å². The molecule has 0 bridgehead atoms. The molecule has 176 valence electrons. The Kier molecular flexibility index (Phi) is 5.85. The number of hydrogen-bond donors (Lipinski definition) is 0. The molecule has 0 N–H and O–H groups in total. The molecule has 1 saturated heterocycles. The van der Waals surface area contributed by atoms with Gasteiger partial charge in [0.15, 0.2) is 0 Å². The summed E-state index contributed by atoms with van der Waals surface area (Å²) in [5.41, 5.74) is 0.206. The maximum absolute atomic E-state index is 14.6. The minimum atomic E-state index is -0.678. The molecule has 2 fully saturated rings. The van der Waals surface area contributed by atoms with Crippen LogP contribution in [0.3, 0.4) is 0 Å². The van der Waals surface area contributed by atoms with E-state index in [-0.39, 0.29) is 36.0 Å². The fraction of sp³-hybridized carbons (Fsp3) is 0.360.